The number of amides is 3. The Kier molecular flexibility index (Phi) is 14.0. The maximum atomic E-state index is 14.8. The predicted octanol–water partition coefficient (Wildman–Crippen LogP) is 7.82. The van der Waals surface area contributed by atoms with Crippen molar-refractivity contribution in [3.63, 3.8) is 0 Å². The first kappa shape index (κ1) is 50.0. The summed E-state index contributed by atoms with van der Waals surface area (Å²) in [4.78, 5) is 47.5. The summed E-state index contributed by atoms with van der Waals surface area (Å²) in [5.41, 5.74) is 7.38. The number of alkyl halides is 2. The lowest BCUT2D eigenvalue weighted by Gasteiger charge is -2.50. The van der Waals surface area contributed by atoms with Crippen LogP contribution in [0.1, 0.15) is 78.6 Å². The van der Waals surface area contributed by atoms with Gasteiger partial charge in [0.2, 0.25) is 0 Å². The normalized spacial score (nSPS) is 19.4. The van der Waals surface area contributed by atoms with Crippen molar-refractivity contribution >= 4 is 29.5 Å². The van der Waals surface area contributed by atoms with E-state index in [0.29, 0.717) is 5.82 Å². The average Bonchev–Trinajstić information content (AvgIpc) is 3.28. The van der Waals surface area contributed by atoms with Crippen LogP contribution in [0.15, 0.2) is 85.2 Å². The summed E-state index contributed by atoms with van der Waals surface area (Å²) in [7, 11) is 2.91. The van der Waals surface area contributed by atoms with E-state index in [9.17, 15) is 45.8 Å². The Morgan fingerprint density at radius 2 is 1.23 bits per heavy atom. The van der Waals surface area contributed by atoms with Gasteiger partial charge in [0.05, 0.1) is 40.9 Å². The fraction of sp³-hybridized carbons (Fsp3) is 0.312. The minimum absolute atomic E-state index is 0.00932. The number of hydrogen-bond donors (Lipinski definition) is 3. The van der Waals surface area contributed by atoms with E-state index in [1.54, 1.807) is 32.7 Å². The van der Waals surface area contributed by atoms with Gasteiger partial charge in [-0.05, 0) is 94.3 Å². The number of nitrogens with two attached hydrogens (primary N) is 2. The molecule has 16 nitrogen and oxygen atoms in total. The highest BCUT2D eigenvalue weighted by atomic mass is 19.2. The topological polar surface area (TPSA) is 226 Å². The predicted molar refractivity (Wildman–Crippen MR) is 242 cm³/mol. The first-order valence-corrected chi connectivity index (χ1v) is 21.5. The minimum Gasteiger partial charge on any atom is -0.507 e. The summed E-state index contributed by atoms with van der Waals surface area (Å²) in [5.74, 6) is -4.77. The van der Waals surface area contributed by atoms with E-state index in [2.05, 4.69) is 30.4 Å². The van der Waals surface area contributed by atoms with E-state index >= 15 is 0 Å². The van der Waals surface area contributed by atoms with Crippen LogP contribution in [-0.4, -0.2) is 92.0 Å². The molecule has 0 unspecified atom stereocenters. The molecular weight excluding hydrogens is 927 g/mol. The number of hydrogen-bond acceptors (Lipinski definition) is 13. The zero-order valence-electron chi connectivity index (χ0n) is 38.3. The van der Waals surface area contributed by atoms with Crippen LogP contribution in [0.3, 0.4) is 0 Å². The number of carbonyl (C=O) groups excluding carboxylic acids is 3. The lowest BCUT2D eigenvalue weighted by molar-refractivity contribution is 0.0506. The molecule has 4 aromatic heterocycles. The van der Waals surface area contributed by atoms with Gasteiger partial charge in [0.1, 0.15) is 58.4 Å². The van der Waals surface area contributed by atoms with Crippen LogP contribution in [0, 0.1) is 23.3 Å². The first-order valence-electron chi connectivity index (χ1n) is 21.5. The number of pyridine rings is 2. The lowest BCUT2D eigenvalue weighted by Crippen LogP contribution is -2.56. The van der Waals surface area contributed by atoms with Gasteiger partial charge < -0.3 is 30.9 Å². The number of halogens is 6. The van der Waals surface area contributed by atoms with Crippen molar-refractivity contribution in [3.8, 4) is 34.0 Å². The average molecular weight is 973 g/mol. The van der Waals surface area contributed by atoms with E-state index in [1.165, 1.54) is 74.1 Å². The quantitative estimate of drug-likeness (QED) is 0.0996. The van der Waals surface area contributed by atoms with E-state index in [0.717, 1.165) is 23.1 Å². The molecule has 0 saturated heterocycles. The molecule has 366 valence electrons. The monoisotopic (exact) mass is 972 g/mol. The molecule has 22 heteroatoms. The fourth-order valence-corrected chi connectivity index (χ4v) is 8.40. The maximum absolute atomic E-state index is 14.8. The van der Waals surface area contributed by atoms with Crippen LogP contribution in [0.5, 0.6) is 11.5 Å². The van der Waals surface area contributed by atoms with E-state index < -0.39 is 75.8 Å². The number of anilines is 2. The molecule has 0 bridgehead atoms. The molecule has 2 aromatic carbocycles. The highest BCUT2D eigenvalue weighted by molar-refractivity contribution is 5.97. The highest BCUT2D eigenvalue weighted by Crippen LogP contribution is 2.49. The van der Waals surface area contributed by atoms with Crippen LogP contribution >= 0.6 is 0 Å². The van der Waals surface area contributed by atoms with Gasteiger partial charge in [-0.25, -0.2) is 31.1 Å². The molecular formula is C48H46F6N10O6. The Morgan fingerprint density at radius 3 is 1.70 bits per heavy atom. The summed E-state index contributed by atoms with van der Waals surface area (Å²) in [6.07, 6.45) is -0.302. The second kappa shape index (κ2) is 19.6. The highest BCUT2D eigenvalue weighted by Gasteiger charge is 2.53. The number of nitrogens with zero attached hydrogens (tertiary/aromatic N) is 8. The number of ether oxygens (including phenoxy) is 2. The first-order chi connectivity index (χ1) is 33.1. The van der Waals surface area contributed by atoms with Gasteiger partial charge in [-0.1, -0.05) is 0 Å². The third-order valence-corrected chi connectivity index (χ3v) is 11.9. The third-order valence-electron chi connectivity index (χ3n) is 11.9. The van der Waals surface area contributed by atoms with Crippen molar-refractivity contribution in [2.75, 3.05) is 30.5 Å². The van der Waals surface area contributed by atoms with Gasteiger partial charge in [-0.3, -0.25) is 24.5 Å². The second-order valence-electron chi connectivity index (χ2n) is 17.8. The van der Waals surface area contributed by atoms with Gasteiger partial charge in [-0.2, -0.15) is 0 Å². The molecule has 2 aliphatic rings. The minimum atomic E-state index is -1.20. The summed E-state index contributed by atoms with van der Waals surface area (Å²) in [6, 6.07) is 15.2. The molecule has 0 radical (unpaired) electrons. The van der Waals surface area contributed by atoms with E-state index in [4.69, 9.17) is 20.9 Å². The van der Waals surface area contributed by atoms with Crippen LogP contribution in [-0.2, 0) is 15.7 Å². The number of benzene rings is 2. The summed E-state index contributed by atoms with van der Waals surface area (Å²) in [6.45, 7) is 4.84. The molecule has 0 atom stereocenters. The molecule has 70 heavy (non-hydrogen) atoms. The van der Waals surface area contributed by atoms with Crippen molar-refractivity contribution in [3.05, 3.63) is 131 Å². The molecule has 4 heterocycles. The molecule has 6 aromatic rings. The van der Waals surface area contributed by atoms with Gasteiger partial charge >= 0.3 is 6.09 Å². The summed E-state index contributed by atoms with van der Waals surface area (Å²) >= 11 is 0. The number of methoxy groups -OCH3 is 1. The molecule has 2 aliphatic carbocycles. The summed E-state index contributed by atoms with van der Waals surface area (Å²) in [5, 5.41) is 25.9. The van der Waals surface area contributed by atoms with Gasteiger partial charge in [0.15, 0.2) is 11.6 Å². The maximum Gasteiger partial charge on any atom is 0.416 e. The van der Waals surface area contributed by atoms with Crippen molar-refractivity contribution < 1.29 is 55.3 Å². The second-order valence-corrected chi connectivity index (χ2v) is 17.8. The Morgan fingerprint density at radius 1 is 0.714 bits per heavy atom. The van der Waals surface area contributed by atoms with Crippen LogP contribution < -0.4 is 26.0 Å². The van der Waals surface area contributed by atoms with Gasteiger partial charge in [0.25, 0.3) is 11.8 Å². The SMILES string of the molecule is CN(c1ccc(-c2cc(C(N)=O)c(O)cc2F)nn1)[C@]1(c2ncccc2F)C[C@@H](F)C1.COc1cc(F)c(-c2ccc(N(C[C@]3(c4ncccc4F)C[C@@H](F)C3)C(=O)OC(C)(C)C)nn2)cc1C(N)=O. The third kappa shape index (κ3) is 10.1. The number of aromatic nitrogens is 6. The number of phenols is 1. The molecule has 2 saturated carbocycles. The molecule has 8 rings (SSSR count). The van der Waals surface area contributed by atoms with Crippen molar-refractivity contribution in [2.24, 2.45) is 11.5 Å². The van der Waals surface area contributed by atoms with Crippen molar-refractivity contribution in [1.29, 1.82) is 0 Å². The molecule has 5 N–H and O–H groups in total. The number of aromatic hydroxyl groups is 1. The zero-order chi connectivity index (χ0) is 50.9. The van der Waals surface area contributed by atoms with Gasteiger partial charge in [-0.15, -0.1) is 20.4 Å². The van der Waals surface area contributed by atoms with E-state index in [-0.39, 0.29) is 88.8 Å². The molecule has 3 amide bonds. The van der Waals surface area contributed by atoms with Crippen LogP contribution in [0.25, 0.3) is 22.5 Å². The molecule has 0 spiro atoms. The fourth-order valence-electron chi connectivity index (χ4n) is 8.40. The standard InChI is InChI=1S/C27H28F3N5O4.C21H18F3N5O2/c1-26(2,3)39-25(37)35(14-27(12-15(28)13-27)23-18(29)6-5-9-32-23)22-8-7-20(33-34-22)16-10-17(24(31)36)21(38-4)11-19(16)30;1-29(21(9-11(22)10-21)19-14(23)3-2-6-26-19)18-5-4-16(27-28-18)12-7-13(20(25)31)17(30)8-15(12)24/h5-11,15H,12-14H2,1-4H3,(H2,31,36);2-8,11,30H,9-10H2,1H3,(H2,25,31)/t15-,27+;11-,21-. The summed E-state index contributed by atoms with van der Waals surface area (Å²) < 4.78 is 96.9. The van der Waals surface area contributed by atoms with Gasteiger partial charge in [0, 0.05) is 67.5 Å². The molecule has 0 aliphatic heterocycles. The Labute approximate surface area is 396 Å². The Hall–Kier alpha value is -7.91. The Balaban J connectivity index is 0.000000212. The number of rotatable bonds is 12. The zero-order valence-corrected chi connectivity index (χ0v) is 38.3. The molecule has 2 fully saturated rings. The Bertz CT molecular complexity index is 2930. The van der Waals surface area contributed by atoms with Crippen LogP contribution in [0.2, 0.25) is 0 Å². The smallest absolute Gasteiger partial charge is 0.416 e. The number of carbonyl (C=O) groups is 3. The largest absolute Gasteiger partial charge is 0.507 e. The van der Waals surface area contributed by atoms with Crippen molar-refractivity contribution in [1.82, 2.24) is 30.4 Å². The lowest BCUT2D eigenvalue weighted by atomic mass is 9.64. The van der Waals surface area contributed by atoms with Crippen LogP contribution in [0.4, 0.5) is 42.8 Å². The van der Waals surface area contributed by atoms with Crippen molar-refractivity contribution in [2.45, 2.75) is 75.4 Å². The van der Waals surface area contributed by atoms with E-state index in [1.807, 2.05) is 0 Å². The number of primary amides is 2.